The van der Waals surface area contributed by atoms with E-state index in [0.29, 0.717) is 27.0 Å². The Bertz CT molecular complexity index is 1370. The van der Waals surface area contributed by atoms with Gasteiger partial charge >= 0.3 is 0 Å². The van der Waals surface area contributed by atoms with Crippen LogP contribution in [0.4, 0.5) is 17.1 Å². The zero-order valence-corrected chi connectivity index (χ0v) is 20.5. The number of imide groups is 1. The zero-order valence-electron chi connectivity index (χ0n) is 17.5. The number of benzene rings is 3. The Balaban J connectivity index is 1.51. The number of nitrogens with zero attached hydrogens (tertiary/aromatic N) is 1. The molecule has 4 rings (SSSR count). The summed E-state index contributed by atoms with van der Waals surface area (Å²) in [6, 6.07) is 15.9. The molecule has 6 nitrogen and oxygen atoms in total. The molecule has 3 aromatic carbocycles. The first-order valence-electron chi connectivity index (χ1n) is 9.84. The Morgan fingerprint density at radius 3 is 2.18 bits per heavy atom. The van der Waals surface area contributed by atoms with Gasteiger partial charge in [0.05, 0.1) is 10.7 Å². The molecule has 172 valence electrons. The molecule has 0 bridgehead atoms. The van der Waals surface area contributed by atoms with Gasteiger partial charge in [0, 0.05) is 27.0 Å². The number of carbonyl (C=O) groups excluding carboxylic acids is 3. The average Bonchev–Trinajstić information content (AvgIpc) is 3.01. The van der Waals surface area contributed by atoms with Crippen LogP contribution in [0.3, 0.4) is 0 Å². The lowest BCUT2D eigenvalue weighted by Gasteiger charge is -2.17. The number of amides is 3. The highest BCUT2D eigenvalue weighted by atomic mass is 35.5. The Labute approximate surface area is 215 Å². The van der Waals surface area contributed by atoms with Crippen LogP contribution >= 0.6 is 46.4 Å². The van der Waals surface area contributed by atoms with E-state index in [0.717, 1.165) is 10.5 Å². The van der Waals surface area contributed by atoms with Crippen molar-refractivity contribution in [3.05, 3.63) is 97.6 Å². The van der Waals surface area contributed by atoms with Crippen molar-refractivity contribution < 1.29 is 14.4 Å². The molecule has 0 unspecified atom stereocenters. The number of nitrogens with one attached hydrogen (secondary N) is 2. The van der Waals surface area contributed by atoms with Gasteiger partial charge in [0.25, 0.3) is 17.7 Å². The number of halogens is 4. The van der Waals surface area contributed by atoms with Crippen LogP contribution in [-0.4, -0.2) is 17.7 Å². The predicted octanol–water partition coefficient (Wildman–Crippen LogP) is 6.64. The van der Waals surface area contributed by atoms with Crippen LogP contribution in [0.15, 0.2) is 71.4 Å². The lowest BCUT2D eigenvalue weighted by Crippen LogP contribution is -2.32. The highest BCUT2D eigenvalue weighted by Gasteiger charge is 2.40. The first kappa shape index (κ1) is 24.1. The smallest absolute Gasteiger partial charge is 0.283 e. The van der Waals surface area contributed by atoms with E-state index in [1.165, 1.54) is 18.2 Å². The molecule has 34 heavy (non-hydrogen) atoms. The van der Waals surface area contributed by atoms with Crippen molar-refractivity contribution in [1.29, 1.82) is 0 Å². The van der Waals surface area contributed by atoms with Crippen LogP contribution in [0.25, 0.3) is 0 Å². The first-order chi connectivity index (χ1) is 16.2. The predicted molar refractivity (Wildman–Crippen MR) is 136 cm³/mol. The second-order valence-electron chi connectivity index (χ2n) is 7.35. The fourth-order valence-electron chi connectivity index (χ4n) is 3.26. The summed E-state index contributed by atoms with van der Waals surface area (Å²) in [7, 11) is 0. The monoisotopic (exact) mass is 533 g/mol. The van der Waals surface area contributed by atoms with Crippen molar-refractivity contribution in [2.24, 2.45) is 0 Å². The van der Waals surface area contributed by atoms with Crippen molar-refractivity contribution >= 4 is 81.2 Å². The van der Waals surface area contributed by atoms with E-state index in [2.05, 4.69) is 10.6 Å². The van der Waals surface area contributed by atoms with Gasteiger partial charge in [0.1, 0.15) is 10.7 Å². The summed E-state index contributed by atoms with van der Waals surface area (Å²) in [6.45, 7) is 1.86. The van der Waals surface area contributed by atoms with E-state index in [4.69, 9.17) is 46.4 Å². The quantitative estimate of drug-likeness (QED) is 0.359. The van der Waals surface area contributed by atoms with Gasteiger partial charge in [0.2, 0.25) is 0 Å². The lowest BCUT2D eigenvalue weighted by atomic mass is 10.1. The minimum absolute atomic E-state index is 0.116. The topological polar surface area (TPSA) is 78.5 Å². The second-order valence-corrected chi connectivity index (χ2v) is 9.00. The summed E-state index contributed by atoms with van der Waals surface area (Å²) in [5.74, 6) is -1.74. The molecule has 2 N–H and O–H groups in total. The third kappa shape index (κ3) is 4.76. The van der Waals surface area contributed by atoms with E-state index in [-0.39, 0.29) is 27.3 Å². The number of aryl methyl sites for hydroxylation is 1. The maximum Gasteiger partial charge on any atom is 0.283 e. The molecule has 3 amide bonds. The molecule has 10 heteroatoms. The van der Waals surface area contributed by atoms with E-state index < -0.39 is 11.8 Å². The minimum Gasteiger partial charge on any atom is -0.350 e. The lowest BCUT2D eigenvalue weighted by molar-refractivity contribution is -0.120. The fraction of sp³-hybridized carbons (Fsp3) is 0.0417. The maximum atomic E-state index is 13.0. The van der Waals surface area contributed by atoms with Gasteiger partial charge in [-0.1, -0.05) is 52.5 Å². The molecule has 3 aromatic rings. The Kier molecular flexibility index (Phi) is 6.86. The second kappa shape index (κ2) is 9.68. The van der Waals surface area contributed by atoms with Crippen LogP contribution in [0.2, 0.25) is 15.1 Å². The summed E-state index contributed by atoms with van der Waals surface area (Å²) in [4.78, 5) is 39.1. The van der Waals surface area contributed by atoms with E-state index in [9.17, 15) is 14.4 Å². The van der Waals surface area contributed by atoms with Gasteiger partial charge in [-0.15, -0.1) is 0 Å². The van der Waals surface area contributed by atoms with Crippen LogP contribution in [0, 0.1) is 6.92 Å². The highest BCUT2D eigenvalue weighted by Crippen LogP contribution is 2.35. The molecule has 0 fully saturated rings. The summed E-state index contributed by atoms with van der Waals surface area (Å²) in [5.41, 5.74) is 2.31. The molecular formula is C24H15Cl4N3O3. The molecular weight excluding hydrogens is 520 g/mol. The van der Waals surface area contributed by atoms with E-state index in [1.807, 2.05) is 13.0 Å². The molecule has 0 spiro atoms. The van der Waals surface area contributed by atoms with Gasteiger partial charge in [-0.05, 0) is 67.1 Å². The average molecular weight is 535 g/mol. The first-order valence-corrected chi connectivity index (χ1v) is 11.3. The fourth-order valence-corrected chi connectivity index (χ4v) is 4.01. The zero-order chi connectivity index (χ0) is 24.6. The summed E-state index contributed by atoms with van der Waals surface area (Å²) in [6.07, 6.45) is 0. The van der Waals surface area contributed by atoms with Crippen LogP contribution in [0.5, 0.6) is 0 Å². The van der Waals surface area contributed by atoms with Gasteiger partial charge in [-0.3, -0.25) is 14.4 Å². The normalized spacial score (nSPS) is 13.5. The number of hydrogen-bond donors (Lipinski definition) is 2. The molecule has 0 aliphatic carbocycles. The third-order valence-electron chi connectivity index (χ3n) is 5.04. The van der Waals surface area contributed by atoms with Crippen molar-refractivity contribution in [3.8, 4) is 0 Å². The number of carbonyl (C=O) groups is 3. The summed E-state index contributed by atoms with van der Waals surface area (Å²) in [5, 5.41) is 6.35. The Morgan fingerprint density at radius 1 is 0.824 bits per heavy atom. The molecule has 0 aromatic heterocycles. The number of anilines is 3. The van der Waals surface area contributed by atoms with Gasteiger partial charge in [-0.2, -0.15) is 0 Å². The Hall–Kier alpha value is -3.03. The van der Waals surface area contributed by atoms with Crippen molar-refractivity contribution in [1.82, 2.24) is 0 Å². The SMILES string of the molecule is Cc1ccc(Cl)cc1NC(=O)c1ccc(NC2=C(Cl)C(=O)N(c3cc(Cl)ccc3Cl)C2=O)cc1. The molecule has 1 heterocycles. The number of rotatable bonds is 5. The van der Waals surface area contributed by atoms with Crippen molar-refractivity contribution in [2.45, 2.75) is 6.92 Å². The van der Waals surface area contributed by atoms with Crippen molar-refractivity contribution in [2.75, 3.05) is 15.5 Å². The molecule has 0 atom stereocenters. The van der Waals surface area contributed by atoms with E-state index >= 15 is 0 Å². The number of hydrogen-bond acceptors (Lipinski definition) is 4. The standard InChI is InChI=1S/C24H15Cl4N3O3/c1-12-2-5-14(25)10-18(12)30-22(32)13-3-7-16(8-4-13)29-21-20(28)23(33)31(24(21)34)19-11-15(26)6-9-17(19)27/h2-11,29H,1H3,(H,30,32). The maximum absolute atomic E-state index is 13.0. The molecule has 1 aliphatic heterocycles. The van der Waals surface area contributed by atoms with Crippen LogP contribution in [0.1, 0.15) is 15.9 Å². The largest absolute Gasteiger partial charge is 0.350 e. The highest BCUT2D eigenvalue weighted by molar-refractivity contribution is 6.54. The van der Waals surface area contributed by atoms with Gasteiger partial charge in [0.15, 0.2) is 0 Å². The van der Waals surface area contributed by atoms with Crippen LogP contribution < -0.4 is 15.5 Å². The minimum atomic E-state index is -0.730. The molecule has 1 aliphatic rings. The van der Waals surface area contributed by atoms with Gasteiger partial charge in [-0.25, -0.2) is 4.90 Å². The van der Waals surface area contributed by atoms with Crippen LogP contribution in [-0.2, 0) is 9.59 Å². The summed E-state index contributed by atoms with van der Waals surface area (Å²) >= 11 is 24.3. The van der Waals surface area contributed by atoms with Crippen molar-refractivity contribution in [3.63, 3.8) is 0 Å². The molecule has 0 radical (unpaired) electrons. The Morgan fingerprint density at radius 2 is 1.47 bits per heavy atom. The third-order valence-corrected chi connectivity index (χ3v) is 6.18. The molecule has 0 saturated heterocycles. The van der Waals surface area contributed by atoms with Gasteiger partial charge < -0.3 is 10.6 Å². The summed E-state index contributed by atoms with van der Waals surface area (Å²) < 4.78 is 0. The van der Waals surface area contributed by atoms with E-state index in [1.54, 1.807) is 36.4 Å². The molecule has 0 saturated carbocycles.